The first-order valence-corrected chi connectivity index (χ1v) is 7.41. The van der Waals surface area contributed by atoms with Crippen molar-refractivity contribution >= 4 is 11.8 Å². The van der Waals surface area contributed by atoms with Crippen molar-refractivity contribution in [3.8, 4) is 6.07 Å². The molecular weight excluding hydrogens is 234 g/mol. The molecular formula is C12H19N3OS. The van der Waals surface area contributed by atoms with Gasteiger partial charge in [-0.15, -0.1) is 11.8 Å². The van der Waals surface area contributed by atoms with E-state index in [9.17, 15) is 5.11 Å². The van der Waals surface area contributed by atoms with Gasteiger partial charge < -0.3 is 10.4 Å². The number of nitrogens with one attached hydrogen (secondary N) is 2. The molecule has 3 rings (SSSR count). The molecule has 2 aliphatic heterocycles. The first kappa shape index (κ1) is 11.8. The van der Waals surface area contributed by atoms with E-state index in [1.165, 1.54) is 12.8 Å². The van der Waals surface area contributed by atoms with Gasteiger partial charge >= 0.3 is 0 Å². The minimum atomic E-state index is -0.771. The van der Waals surface area contributed by atoms with Crippen LogP contribution in [0.3, 0.4) is 0 Å². The van der Waals surface area contributed by atoms with Crippen LogP contribution in [0.4, 0.5) is 0 Å². The highest BCUT2D eigenvalue weighted by molar-refractivity contribution is 8.00. The summed E-state index contributed by atoms with van der Waals surface area (Å²) in [7, 11) is 0. The number of fused-ring (bicyclic) bond motifs is 3. The van der Waals surface area contributed by atoms with Gasteiger partial charge in [-0.25, -0.2) is 0 Å². The summed E-state index contributed by atoms with van der Waals surface area (Å²) in [5.41, 5.74) is 0. The van der Waals surface area contributed by atoms with Crippen LogP contribution in [-0.2, 0) is 0 Å². The van der Waals surface area contributed by atoms with E-state index in [0.29, 0.717) is 29.5 Å². The summed E-state index contributed by atoms with van der Waals surface area (Å²) in [6.45, 7) is 2.00. The van der Waals surface area contributed by atoms with Gasteiger partial charge in [-0.1, -0.05) is 0 Å². The third kappa shape index (κ3) is 2.08. The van der Waals surface area contributed by atoms with Gasteiger partial charge in [-0.2, -0.15) is 5.26 Å². The van der Waals surface area contributed by atoms with Gasteiger partial charge in [-0.3, -0.25) is 5.32 Å². The van der Waals surface area contributed by atoms with Crippen LogP contribution in [-0.4, -0.2) is 35.0 Å². The topological polar surface area (TPSA) is 68.1 Å². The fraction of sp³-hybridized carbons (Fsp3) is 0.917. The number of nitriles is 1. The van der Waals surface area contributed by atoms with Crippen LogP contribution < -0.4 is 10.6 Å². The Bertz CT molecular complexity index is 332. The van der Waals surface area contributed by atoms with Crippen LogP contribution in [0.15, 0.2) is 0 Å². The van der Waals surface area contributed by atoms with Crippen LogP contribution in [0.5, 0.6) is 0 Å². The molecule has 0 aromatic heterocycles. The Balaban J connectivity index is 1.70. The molecule has 6 atom stereocenters. The molecule has 3 aliphatic rings. The van der Waals surface area contributed by atoms with Gasteiger partial charge in [0.2, 0.25) is 0 Å². The number of hydrogen-bond acceptors (Lipinski definition) is 5. The number of rotatable bonds is 2. The average Bonchev–Trinajstić information content (AvgIpc) is 2.89. The molecule has 17 heavy (non-hydrogen) atoms. The zero-order chi connectivity index (χ0) is 11.8. The smallest absolute Gasteiger partial charge is 0.140 e. The Morgan fingerprint density at radius 3 is 3.18 bits per heavy atom. The largest absolute Gasteiger partial charge is 0.378 e. The lowest BCUT2D eigenvalue weighted by molar-refractivity contribution is 0.151. The molecule has 0 amide bonds. The molecule has 2 saturated heterocycles. The summed E-state index contributed by atoms with van der Waals surface area (Å²) in [6.07, 6.45) is 2.34. The Labute approximate surface area is 106 Å². The van der Waals surface area contributed by atoms with Gasteiger partial charge in [0, 0.05) is 24.4 Å². The van der Waals surface area contributed by atoms with E-state index in [1.807, 2.05) is 6.07 Å². The van der Waals surface area contributed by atoms with Gasteiger partial charge in [-0.05, 0) is 31.1 Å². The standard InChI is InChI=1S/C12H19N3OS/c13-4-8(16)3-7-1-2-10-11(7)9-5-14-6-15-12(9)17-10/h7-12,14-16H,1-3,5-6H2/t7-,8?,9?,10?,11?,12?/m1/s1. The molecule has 4 nitrogen and oxygen atoms in total. The molecule has 2 heterocycles. The number of hydrogen-bond donors (Lipinski definition) is 3. The zero-order valence-corrected chi connectivity index (χ0v) is 10.6. The Morgan fingerprint density at radius 1 is 1.47 bits per heavy atom. The number of aliphatic hydroxyl groups excluding tert-OH is 1. The predicted octanol–water partition coefficient (Wildman–Crippen LogP) is 0.495. The molecule has 1 aliphatic carbocycles. The summed E-state index contributed by atoms with van der Waals surface area (Å²) in [4.78, 5) is 0. The number of thioether (sulfide) groups is 1. The van der Waals surface area contributed by atoms with Crippen molar-refractivity contribution in [2.24, 2.45) is 17.8 Å². The summed E-state index contributed by atoms with van der Waals surface area (Å²) >= 11 is 2.09. The monoisotopic (exact) mass is 253 g/mol. The lowest BCUT2D eigenvalue weighted by atomic mass is 9.80. The van der Waals surface area contributed by atoms with E-state index in [-0.39, 0.29) is 0 Å². The molecule has 5 unspecified atom stereocenters. The van der Waals surface area contributed by atoms with Crippen LogP contribution in [0.25, 0.3) is 0 Å². The quantitative estimate of drug-likeness (QED) is 0.625. The third-order valence-corrected chi connectivity index (χ3v) is 6.19. The van der Waals surface area contributed by atoms with E-state index >= 15 is 0 Å². The van der Waals surface area contributed by atoms with E-state index in [4.69, 9.17) is 5.26 Å². The number of nitrogens with zero attached hydrogens (tertiary/aromatic N) is 1. The van der Waals surface area contributed by atoms with Gasteiger partial charge in [0.1, 0.15) is 6.10 Å². The van der Waals surface area contributed by atoms with E-state index in [1.54, 1.807) is 0 Å². The summed E-state index contributed by atoms with van der Waals surface area (Å²) in [5, 5.41) is 26.5. The average molecular weight is 253 g/mol. The molecule has 0 aromatic carbocycles. The molecule has 3 N–H and O–H groups in total. The lowest BCUT2D eigenvalue weighted by Crippen LogP contribution is -2.50. The summed E-state index contributed by atoms with van der Waals surface area (Å²) in [5.74, 6) is 1.91. The van der Waals surface area contributed by atoms with Crippen molar-refractivity contribution in [2.75, 3.05) is 13.2 Å². The highest BCUT2D eigenvalue weighted by Crippen LogP contribution is 2.54. The van der Waals surface area contributed by atoms with Crippen LogP contribution in [0, 0.1) is 29.1 Å². The zero-order valence-electron chi connectivity index (χ0n) is 9.80. The molecule has 0 radical (unpaired) electrons. The van der Waals surface area contributed by atoms with Crippen molar-refractivity contribution in [1.29, 1.82) is 5.26 Å². The van der Waals surface area contributed by atoms with Gasteiger partial charge in [0.15, 0.2) is 0 Å². The fourth-order valence-electron chi connectivity index (χ4n) is 3.81. The first-order valence-electron chi connectivity index (χ1n) is 6.47. The Morgan fingerprint density at radius 2 is 2.35 bits per heavy atom. The molecule has 0 bridgehead atoms. The van der Waals surface area contributed by atoms with Crippen LogP contribution in [0.1, 0.15) is 19.3 Å². The lowest BCUT2D eigenvalue weighted by Gasteiger charge is -2.32. The highest BCUT2D eigenvalue weighted by Gasteiger charge is 2.51. The second-order valence-electron chi connectivity index (χ2n) is 5.39. The SMILES string of the molecule is N#CC(O)C[C@H]1CCC2SC3NCNCC3C21. The van der Waals surface area contributed by atoms with E-state index in [0.717, 1.165) is 18.5 Å². The minimum Gasteiger partial charge on any atom is -0.378 e. The third-order valence-electron chi connectivity index (χ3n) is 4.48. The Kier molecular flexibility index (Phi) is 3.31. The van der Waals surface area contributed by atoms with Crippen molar-refractivity contribution in [1.82, 2.24) is 10.6 Å². The van der Waals surface area contributed by atoms with Gasteiger partial charge in [0.25, 0.3) is 0 Å². The molecule has 0 spiro atoms. The second kappa shape index (κ2) is 4.77. The maximum atomic E-state index is 9.54. The maximum absolute atomic E-state index is 9.54. The number of aliphatic hydroxyl groups is 1. The van der Waals surface area contributed by atoms with E-state index < -0.39 is 6.10 Å². The van der Waals surface area contributed by atoms with Crippen molar-refractivity contribution in [3.05, 3.63) is 0 Å². The first-order chi connectivity index (χ1) is 8.29. The van der Waals surface area contributed by atoms with Crippen molar-refractivity contribution in [3.63, 3.8) is 0 Å². The van der Waals surface area contributed by atoms with Crippen LogP contribution >= 0.6 is 11.8 Å². The summed E-state index contributed by atoms with van der Waals surface area (Å²) in [6, 6.07) is 1.96. The molecule has 3 fully saturated rings. The molecule has 1 saturated carbocycles. The Hall–Kier alpha value is -0.280. The van der Waals surface area contributed by atoms with Gasteiger partial charge in [0.05, 0.1) is 11.4 Å². The van der Waals surface area contributed by atoms with Crippen molar-refractivity contribution in [2.45, 2.75) is 36.0 Å². The minimum absolute atomic E-state index is 0.541. The molecule has 5 heteroatoms. The highest BCUT2D eigenvalue weighted by atomic mass is 32.2. The normalized spacial score (nSPS) is 46.0. The molecule has 94 valence electrons. The van der Waals surface area contributed by atoms with Crippen LogP contribution in [0.2, 0.25) is 0 Å². The maximum Gasteiger partial charge on any atom is 0.140 e. The predicted molar refractivity (Wildman–Crippen MR) is 67.1 cm³/mol. The summed E-state index contributed by atoms with van der Waals surface area (Å²) < 4.78 is 0. The fourth-order valence-corrected chi connectivity index (χ4v) is 5.72. The van der Waals surface area contributed by atoms with E-state index in [2.05, 4.69) is 22.4 Å². The molecule has 0 aromatic rings. The second-order valence-corrected chi connectivity index (χ2v) is 6.77. The van der Waals surface area contributed by atoms with Crippen molar-refractivity contribution < 1.29 is 5.11 Å².